The molecule has 4 heteroatoms. The third-order valence-electron chi connectivity index (χ3n) is 3.11. The summed E-state index contributed by atoms with van der Waals surface area (Å²) in [7, 11) is 0. The van der Waals surface area contributed by atoms with E-state index in [9.17, 15) is 0 Å². The second-order valence-electron chi connectivity index (χ2n) is 4.23. The Hall–Kier alpha value is -1.00. The van der Waals surface area contributed by atoms with Crippen LogP contribution in [-0.2, 0) is 6.54 Å². The van der Waals surface area contributed by atoms with Gasteiger partial charge in [-0.05, 0) is 23.8 Å². The zero-order valence-electron chi connectivity index (χ0n) is 9.10. The van der Waals surface area contributed by atoms with Crippen LogP contribution in [0.3, 0.4) is 0 Å². The summed E-state index contributed by atoms with van der Waals surface area (Å²) < 4.78 is 2.10. The molecule has 0 bridgehead atoms. The SMILES string of the molecule is NCc1ccc2nc(C3CCSC3)cn2c1. The molecule has 3 heterocycles. The predicted octanol–water partition coefficient (Wildman–Crippen LogP) is 2.01. The van der Waals surface area contributed by atoms with Crippen molar-refractivity contribution in [2.24, 2.45) is 5.73 Å². The lowest BCUT2D eigenvalue weighted by Gasteiger charge is -2.01. The van der Waals surface area contributed by atoms with Crippen molar-refractivity contribution in [3.63, 3.8) is 0 Å². The maximum atomic E-state index is 5.63. The van der Waals surface area contributed by atoms with E-state index in [4.69, 9.17) is 5.73 Å². The van der Waals surface area contributed by atoms with Gasteiger partial charge in [-0.15, -0.1) is 0 Å². The molecule has 2 aromatic rings. The van der Waals surface area contributed by atoms with Crippen molar-refractivity contribution in [1.29, 1.82) is 0 Å². The normalized spacial score (nSPS) is 20.7. The first kappa shape index (κ1) is 10.2. The minimum absolute atomic E-state index is 0.586. The molecule has 0 aromatic carbocycles. The van der Waals surface area contributed by atoms with Gasteiger partial charge in [0.2, 0.25) is 0 Å². The molecule has 1 unspecified atom stereocenters. The summed E-state index contributed by atoms with van der Waals surface area (Å²) >= 11 is 2.03. The van der Waals surface area contributed by atoms with Crippen molar-refractivity contribution < 1.29 is 0 Å². The zero-order chi connectivity index (χ0) is 11.0. The molecule has 1 aliphatic heterocycles. The third kappa shape index (κ3) is 1.72. The Morgan fingerprint density at radius 1 is 1.44 bits per heavy atom. The molecule has 84 valence electrons. The van der Waals surface area contributed by atoms with Gasteiger partial charge in [-0.2, -0.15) is 11.8 Å². The molecule has 0 amide bonds. The summed E-state index contributed by atoms with van der Waals surface area (Å²) in [6, 6.07) is 4.10. The highest BCUT2D eigenvalue weighted by Crippen LogP contribution is 2.31. The van der Waals surface area contributed by atoms with Gasteiger partial charge in [-0.1, -0.05) is 6.07 Å². The van der Waals surface area contributed by atoms with Crippen LogP contribution in [0.4, 0.5) is 0 Å². The second-order valence-corrected chi connectivity index (χ2v) is 5.38. The van der Waals surface area contributed by atoms with Gasteiger partial charge in [0.1, 0.15) is 5.65 Å². The van der Waals surface area contributed by atoms with E-state index in [2.05, 4.69) is 27.8 Å². The van der Waals surface area contributed by atoms with Crippen molar-refractivity contribution in [3.05, 3.63) is 35.8 Å². The zero-order valence-corrected chi connectivity index (χ0v) is 9.91. The number of hydrogen-bond donors (Lipinski definition) is 1. The first-order valence-electron chi connectivity index (χ1n) is 5.62. The maximum absolute atomic E-state index is 5.63. The number of pyridine rings is 1. The van der Waals surface area contributed by atoms with E-state index in [1.165, 1.54) is 23.6 Å². The molecule has 1 saturated heterocycles. The topological polar surface area (TPSA) is 43.3 Å². The van der Waals surface area contributed by atoms with Crippen LogP contribution in [0.2, 0.25) is 0 Å². The number of thioether (sulfide) groups is 1. The maximum Gasteiger partial charge on any atom is 0.137 e. The molecule has 3 nitrogen and oxygen atoms in total. The van der Waals surface area contributed by atoms with Crippen LogP contribution < -0.4 is 5.73 Å². The van der Waals surface area contributed by atoms with Gasteiger partial charge in [0, 0.05) is 30.6 Å². The lowest BCUT2D eigenvalue weighted by atomic mass is 10.1. The molecule has 0 aliphatic carbocycles. The smallest absolute Gasteiger partial charge is 0.137 e. The summed E-state index contributed by atoms with van der Waals surface area (Å²) in [6.45, 7) is 0.586. The summed E-state index contributed by atoms with van der Waals surface area (Å²) in [5.74, 6) is 3.13. The molecule has 3 rings (SSSR count). The molecular weight excluding hydrogens is 218 g/mol. The van der Waals surface area contributed by atoms with Gasteiger partial charge >= 0.3 is 0 Å². The van der Waals surface area contributed by atoms with Gasteiger partial charge in [0.15, 0.2) is 0 Å². The Morgan fingerprint density at radius 3 is 3.12 bits per heavy atom. The number of imidazole rings is 1. The van der Waals surface area contributed by atoms with E-state index in [1.807, 2.05) is 17.8 Å². The molecule has 0 saturated carbocycles. The van der Waals surface area contributed by atoms with Crippen LogP contribution in [0.15, 0.2) is 24.5 Å². The lowest BCUT2D eigenvalue weighted by molar-refractivity contribution is 0.759. The van der Waals surface area contributed by atoms with Crippen LogP contribution in [0, 0.1) is 0 Å². The number of hydrogen-bond acceptors (Lipinski definition) is 3. The quantitative estimate of drug-likeness (QED) is 0.863. The van der Waals surface area contributed by atoms with Gasteiger partial charge in [0.05, 0.1) is 5.69 Å². The average Bonchev–Trinajstić information content (AvgIpc) is 2.96. The summed E-state index contributed by atoms with van der Waals surface area (Å²) in [5.41, 5.74) is 9.05. The van der Waals surface area contributed by atoms with E-state index in [0.717, 1.165) is 11.2 Å². The first-order chi connectivity index (χ1) is 7.86. The fraction of sp³-hybridized carbons (Fsp3) is 0.417. The molecule has 0 spiro atoms. The van der Waals surface area contributed by atoms with Crippen LogP contribution in [0.25, 0.3) is 5.65 Å². The van der Waals surface area contributed by atoms with E-state index >= 15 is 0 Å². The fourth-order valence-electron chi connectivity index (χ4n) is 2.14. The minimum Gasteiger partial charge on any atom is -0.326 e. The standard InChI is InChI=1S/C12H15N3S/c13-5-9-1-2-12-14-11(7-15(12)6-9)10-3-4-16-8-10/h1-2,6-7,10H,3-5,8,13H2. The van der Waals surface area contributed by atoms with Crippen LogP contribution in [0.5, 0.6) is 0 Å². The molecule has 1 fully saturated rings. The van der Waals surface area contributed by atoms with E-state index in [1.54, 1.807) is 0 Å². The molecular formula is C12H15N3S. The van der Waals surface area contributed by atoms with Crippen LogP contribution in [-0.4, -0.2) is 20.9 Å². The van der Waals surface area contributed by atoms with Crippen LogP contribution >= 0.6 is 11.8 Å². The highest BCUT2D eigenvalue weighted by Gasteiger charge is 2.20. The third-order valence-corrected chi connectivity index (χ3v) is 4.28. The molecule has 2 N–H and O–H groups in total. The number of rotatable bonds is 2. The van der Waals surface area contributed by atoms with E-state index < -0.39 is 0 Å². The lowest BCUT2D eigenvalue weighted by Crippen LogP contribution is -1.97. The van der Waals surface area contributed by atoms with Crippen molar-refractivity contribution in [2.75, 3.05) is 11.5 Å². The highest BCUT2D eigenvalue weighted by atomic mass is 32.2. The van der Waals surface area contributed by atoms with Crippen LogP contribution in [0.1, 0.15) is 23.6 Å². The summed E-state index contributed by atoms with van der Waals surface area (Å²) in [4.78, 5) is 4.68. The van der Waals surface area contributed by atoms with E-state index in [0.29, 0.717) is 12.5 Å². The van der Waals surface area contributed by atoms with Crippen molar-refractivity contribution in [2.45, 2.75) is 18.9 Å². The molecule has 1 aliphatic rings. The Labute approximate surface area is 99.1 Å². The Bertz CT molecular complexity index is 500. The largest absolute Gasteiger partial charge is 0.326 e. The van der Waals surface area contributed by atoms with Crippen molar-refractivity contribution in [1.82, 2.24) is 9.38 Å². The average molecular weight is 233 g/mol. The Morgan fingerprint density at radius 2 is 2.38 bits per heavy atom. The van der Waals surface area contributed by atoms with E-state index in [-0.39, 0.29) is 0 Å². The fourth-order valence-corrected chi connectivity index (χ4v) is 3.38. The Balaban J connectivity index is 2.01. The summed E-state index contributed by atoms with van der Waals surface area (Å²) in [6.07, 6.45) is 5.50. The van der Waals surface area contributed by atoms with Crippen molar-refractivity contribution >= 4 is 17.4 Å². The molecule has 16 heavy (non-hydrogen) atoms. The number of nitrogens with zero attached hydrogens (tertiary/aromatic N) is 2. The number of nitrogens with two attached hydrogens (primary N) is 1. The predicted molar refractivity (Wildman–Crippen MR) is 67.8 cm³/mol. The number of fused-ring (bicyclic) bond motifs is 1. The van der Waals surface area contributed by atoms with Gasteiger partial charge < -0.3 is 10.1 Å². The molecule has 0 radical (unpaired) electrons. The molecule has 2 aromatic heterocycles. The minimum atomic E-state index is 0.586. The number of aromatic nitrogens is 2. The second kappa shape index (κ2) is 4.11. The monoisotopic (exact) mass is 233 g/mol. The first-order valence-corrected chi connectivity index (χ1v) is 6.77. The van der Waals surface area contributed by atoms with Gasteiger partial charge in [0.25, 0.3) is 0 Å². The molecule has 1 atom stereocenters. The Kier molecular flexibility index (Phi) is 2.61. The van der Waals surface area contributed by atoms with Crippen molar-refractivity contribution in [3.8, 4) is 0 Å². The van der Waals surface area contributed by atoms with Gasteiger partial charge in [-0.25, -0.2) is 4.98 Å². The highest BCUT2D eigenvalue weighted by molar-refractivity contribution is 7.99. The van der Waals surface area contributed by atoms with Gasteiger partial charge in [-0.3, -0.25) is 0 Å². The summed E-state index contributed by atoms with van der Waals surface area (Å²) in [5, 5.41) is 0.